The van der Waals surface area contributed by atoms with E-state index in [9.17, 15) is 14.7 Å². The molecule has 1 aliphatic rings. The van der Waals surface area contributed by atoms with Crippen LogP contribution in [0.3, 0.4) is 0 Å². The van der Waals surface area contributed by atoms with Crippen molar-refractivity contribution in [2.24, 2.45) is 5.92 Å². The number of nitrogens with one attached hydrogen (secondary N) is 1. The molecule has 1 aromatic rings. The average molecular weight is 293 g/mol. The van der Waals surface area contributed by atoms with Crippen LogP contribution >= 0.6 is 0 Å². The molecule has 1 atom stereocenters. The molecular weight excluding hydrogens is 274 g/mol. The van der Waals surface area contributed by atoms with Crippen molar-refractivity contribution in [3.8, 4) is 5.75 Å². The fourth-order valence-electron chi connectivity index (χ4n) is 2.30. The number of anilines is 1. The summed E-state index contributed by atoms with van der Waals surface area (Å²) >= 11 is 0. The van der Waals surface area contributed by atoms with Gasteiger partial charge in [-0.2, -0.15) is 0 Å². The van der Waals surface area contributed by atoms with Crippen LogP contribution < -0.4 is 10.1 Å². The number of hydrogen-bond acceptors (Lipinski definition) is 4. The van der Waals surface area contributed by atoms with Gasteiger partial charge in [0.25, 0.3) is 0 Å². The first-order chi connectivity index (χ1) is 10.1. The highest BCUT2D eigenvalue weighted by Gasteiger charge is 2.18. The fraction of sp³-hybridized carbons (Fsp3) is 0.467. The Morgan fingerprint density at radius 1 is 1.48 bits per heavy atom. The Morgan fingerprint density at radius 3 is 2.90 bits per heavy atom. The largest absolute Gasteiger partial charge is 0.497 e. The Bertz CT molecular complexity index is 523. The van der Waals surface area contributed by atoms with Crippen LogP contribution in [0.15, 0.2) is 18.2 Å². The normalized spacial score (nSPS) is 17.5. The van der Waals surface area contributed by atoms with Crippen molar-refractivity contribution < 1.29 is 24.2 Å². The van der Waals surface area contributed by atoms with Gasteiger partial charge in [-0.05, 0) is 37.0 Å². The lowest BCUT2D eigenvalue weighted by molar-refractivity contribution is -0.116. The van der Waals surface area contributed by atoms with Gasteiger partial charge in [-0.3, -0.25) is 4.79 Å². The first-order valence-electron chi connectivity index (χ1n) is 6.89. The second-order valence-corrected chi connectivity index (χ2v) is 5.03. The maximum atomic E-state index is 11.9. The van der Waals surface area contributed by atoms with E-state index in [-0.39, 0.29) is 17.2 Å². The SMILES string of the molecule is COc1ccc(NC(=O)CCC2CCOC2)c(C(=O)O)c1. The van der Waals surface area contributed by atoms with Gasteiger partial charge in [-0.1, -0.05) is 0 Å². The van der Waals surface area contributed by atoms with Gasteiger partial charge in [0.1, 0.15) is 5.75 Å². The summed E-state index contributed by atoms with van der Waals surface area (Å²) in [7, 11) is 1.46. The van der Waals surface area contributed by atoms with Crippen molar-refractivity contribution >= 4 is 17.6 Å². The molecule has 114 valence electrons. The summed E-state index contributed by atoms with van der Waals surface area (Å²) in [4.78, 5) is 23.1. The van der Waals surface area contributed by atoms with Crippen LogP contribution in [-0.2, 0) is 9.53 Å². The number of carbonyl (C=O) groups excluding carboxylic acids is 1. The molecule has 0 saturated carbocycles. The Hall–Kier alpha value is -2.08. The highest BCUT2D eigenvalue weighted by molar-refractivity contribution is 6.00. The summed E-state index contributed by atoms with van der Waals surface area (Å²) < 4.78 is 10.3. The van der Waals surface area contributed by atoms with Gasteiger partial charge >= 0.3 is 5.97 Å². The summed E-state index contributed by atoms with van der Waals surface area (Å²) in [5, 5.41) is 11.8. The monoisotopic (exact) mass is 293 g/mol. The first kappa shape index (κ1) is 15.3. The number of ether oxygens (including phenoxy) is 2. The highest BCUT2D eigenvalue weighted by Crippen LogP contribution is 2.23. The minimum absolute atomic E-state index is 0.0203. The van der Waals surface area contributed by atoms with Crippen molar-refractivity contribution in [2.45, 2.75) is 19.3 Å². The molecule has 0 aliphatic carbocycles. The molecule has 1 unspecified atom stereocenters. The average Bonchev–Trinajstić information content (AvgIpc) is 2.98. The zero-order valence-electron chi connectivity index (χ0n) is 11.9. The lowest BCUT2D eigenvalue weighted by Crippen LogP contribution is -2.16. The quantitative estimate of drug-likeness (QED) is 0.839. The number of carboxylic acids is 1. The molecule has 1 saturated heterocycles. The third-order valence-corrected chi connectivity index (χ3v) is 3.53. The molecule has 0 aromatic heterocycles. The number of carboxylic acid groups (broad SMARTS) is 1. The van der Waals surface area contributed by atoms with Gasteiger partial charge < -0.3 is 19.9 Å². The van der Waals surface area contributed by atoms with Gasteiger partial charge in [0, 0.05) is 19.6 Å². The number of aromatic carboxylic acids is 1. The van der Waals surface area contributed by atoms with Gasteiger partial charge in [0.15, 0.2) is 0 Å². The summed E-state index contributed by atoms with van der Waals surface area (Å²) in [6.07, 6.45) is 2.10. The second-order valence-electron chi connectivity index (χ2n) is 5.03. The maximum absolute atomic E-state index is 11.9. The number of hydrogen-bond donors (Lipinski definition) is 2. The smallest absolute Gasteiger partial charge is 0.337 e. The number of carbonyl (C=O) groups is 2. The number of amides is 1. The van der Waals surface area contributed by atoms with E-state index in [1.807, 2.05) is 0 Å². The zero-order chi connectivity index (χ0) is 15.2. The van der Waals surface area contributed by atoms with Crippen LogP contribution in [0.4, 0.5) is 5.69 Å². The minimum Gasteiger partial charge on any atom is -0.497 e. The fourth-order valence-corrected chi connectivity index (χ4v) is 2.30. The third-order valence-electron chi connectivity index (χ3n) is 3.53. The van der Waals surface area contributed by atoms with E-state index in [0.717, 1.165) is 19.4 Å². The summed E-state index contributed by atoms with van der Waals surface area (Å²) in [6.45, 7) is 1.46. The van der Waals surface area contributed by atoms with Crippen molar-refractivity contribution in [1.82, 2.24) is 0 Å². The molecule has 1 heterocycles. The lowest BCUT2D eigenvalue weighted by atomic mass is 10.0. The molecule has 1 amide bonds. The summed E-state index contributed by atoms with van der Waals surface area (Å²) in [5.41, 5.74) is 0.308. The molecule has 2 N–H and O–H groups in total. The second kappa shape index (κ2) is 7.08. The molecule has 0 bridgehead atoms. The summed E-state index contributed by atoms with van der Waals surface area (Å²) in [6, 6.07) is 4.55. The van der Waals surface area contributed by atoms with E-state index in [1.54, 1.807) is 12.1 Å². The van der Waals surface area contributed by atoms with E-state index in [2.05, 4.69) is 5.32 Å². The van der Waals surface area contributed by atoms with E-state index in [1.165, 1.54) is 13.2 Å². The molecule has 21 heavy (non-hydrogen) atoms. The molecule has 6 heteroatoms. The Morgan fingerprint density at radius 2 is 2.29 bits per heavy atom. The maximum Gasteiger partial charge on any atom is 0.337 e. The van der Waals surface area contributed by atoms with Crippen LogP contribution in [0.25, 0.3) is 0 Å². The predicted molar refractivity (Wildman–Crippen MR) is 76.7 cm³/mol. The Balaban J connectivity index is 1.97. The van der Waals surface area contributed by atoms with Crippen molar-refractivity contribution in [3.63, 3.8) is 0 Å². The number of benzene rings is 1. The van der Waals surface area contributed by atoms with E-state index in [4.69, 9.17) is 9.47 Å². The van der Waals surface area contributed by atoms with E-state index < -0.39 is 5.97 Å². The van der Waals surface area contributed by atoms with Crippen molar-refractivity contribution in [1.29, 1.82) is 0 Å². The molecule has 6 nitrogen and oxygen atoms in total. The van der Waals surface area contributed by atoms with Crippen LogP contribution in [0, 0.1) is 5.92 Å². The van der Waals surface area contributed by atoms with Gasteiger partial charge in [0.05, 0.1) is 18.4 Å². The van der Waals surface area contributed by atoms with Crippen LogP contribution in [0.2, 0.25) is 0 Å². The number of rotatable bonds is 6. The molecule has 0 spiro atoms. The third kappa shape index (κ3) is 4.19. The molecule has 1 fully saturated rings. The van der Waals surface area contributed by atoms with Crippen LogP contribution in [-0.4, -0.2) is 37.3 Å². The van der Waals surface area contributed by atoms with Crippen molar-refractivity contribution in [2.75, 3.05) is 25.6 Å². The minimum atomic E-state index is -1.10. The first-order valence-corrected chi connectivity index (χ1v) is 6.89. The van der Waals surface area contributed by atoms with E-state index in [0.29, 0.717) is 24.7 Å². The summed E-state index contributed by atoms with van der Waals surface area (Å²) in [5.74, 6) is -0.429. The topological polar surface area (TPSA) is 84.9 Å². The molecule has 2 rings (SSSR count). The lowest BCUT2D eigenvalue weighted by Gasteiger charge is -2.11. The van der Waals surface area contributed by atoms with Crippen LogP contribution in [0.1, 0.15) is 29.6 Å². The predicted octanol–water partition coefficient (Wildman–Crippen LogP) is 2.15. The highest BCUT2D eigenvalue weighted by atomic mass is 16.5. The Labute approximate surface area is 123 Å². The van der Waals surface area contributed by atoms with Gasteiger partial charge in [-0.15, -0.1) is 0 Å². The van der Waals surface area contributed by atoms with Crippen molar-refractivity contribution in [3.05, 3.63) is 23.8 Å². The number of methoxy groups -OCH3 is 1. The van der Waals surface area contributed by atoms with Gasteiger partial charge in [0.2, 0.25) is 5.91 Å². The molecule has 1 aromatic carbocycles. The van der Waals surface area contributed by atoms with Gasteiger partial charge in [-0.25, -0.2) is 4.79 Å². The van der Waals surface area contributed by atoms with E-state index >= 15 is 0 Å². The Kier molecular flexibility index (Phi) is 5.16. The molecular formula is C15H19NO5. The molecule has 1 aliphatic heterocycles. The molecule has 0 radical (unpaired) electrons. The standard InChI is InChI=1S/C15H19NO5/c1-20-11-3-4-13(12(8-11)15(18)19)16-14(17)5-2-10-6-7-21-9-10/h3-4,8,10H,2,5-7,9H2,1H3,(H,16,17)(H,18,19). The zero-order valence-corrected chi connectivity index (χ0v) is 11.9. The van der Waals surface area contributed by atoms with Crippen LogP contribution in [0.5, 0.6) is 5.75 Å².